The van der Waals surface area contributed by atoms with Gasteiger partial charge in [-0.05, 0) is 70.8 Å². The first kappa shape index (κ1) is 21.7. The maximum Gasteiger partial charge on any atom is 0.255 e. The van der Waals surface area contributed by atoms with E-state index >= 15 is 0 Å². The smallest absolute Gasteiger partial charge is 0.255 e. The Kier molecular flexibility index (Phi) is 5.06. The highest BCUT2D eigenvalue weighted by Crippen LogP contribution is 2.51. The third kappa shape index (κ3) is 3.83. The highest BCUT2D eigenvalue weighted by molar-refractivity contribution is 6.04. The first-order chi connectivity index (χ1) is 16.9. The fraction of sp³-hybridized carbons (Fsp3) is 0.258. The molecule has 0 spiro atoms. The molecule has 1 amide bonds. The summed E-state index contributed by atoms with van der Waals surface area (Å²) in [4.78, 5) is 16.4. The summed E-state index contributed by atoms with van der Waals surface area (Å²) >= 11 is 0. The Hall–Kier alpha value is -3.79. The molecule has 0 fully saturated rings. The molecule has 6 rings (SSSR count). The van der Waals surface area contributed by atoms with E-state index in [4.69, 9.17) is 0 Å². The molecule has 2 aliphatic rings. The summed E-state index contributed by atoms with van der Waals surface area (Å²) in [5.74, 6) is 0.690. The summed E-state index contributed by atoms with van der Waals surface area (Å²) < 4.78 is 0. The number of anilines is 2. The Balaban J connectivity index is 1.27. The van der Waals surface area contributed by atoms with Gasteiger partial charge in [0.25, 0.3) is 5.91 Å². The summed E-state index contributed by atoms with van der Waals surface area (Å²) in [6, 6.07) is 22.9. The summed E-state index contributed by atoms with van der Waals surface area (Å²) in [5.41, 5.74) is 7.68. The number of amides is 1. The fourth-order valence-electron chi connectivity index (χ4n) is 5.66. The van der Waals surface area contributed by atoms with Gasteiger partial charge >= 0.3 is 0 Å². The van der Waals surface area contributed by atoms with Crippen LogP contribution >= 0.6 is 0 Å². The van der Waals surface area contributed by atoms with E-state index in [1.807, 2.05) is 30.3 Å². The first-order valence-electron chi connectivity index (χ1n) is 12.4. The maximum atomic E-state index is 13.0. The normalized spacial score (nSPS) is 20.8. The molecule has 0 saturated carbocycles. The van der Waals surface area contributed by atoms with Gasteiger partial charge in [0, 0.05) is 40.0 Å². The highest BCUT2D eigenvalue weighted by atomic mass is 16.1. The van der Waals surface area contributed by atoms with Crippen LogP contribution in [0, 0.1) is 5.92 Å². The second-order valence-electron chi connectivity index (χ2n) is 10.8. The van der Waals surface area contributed by atoms with Crippen LogP contribution in [-0.4, -0.2) is 10.9 Å². The molecule has 1 aromatic heterocycles. The lowest BCUT2D eigenvalue weighted by molar-refractivity contribution is 0.102. The quantitative estimate of drug-likeness (QED) is 0.276. The van der Waals surface area contributed by atoms with Crippen LogP contribution in [0.15, 0.2) is 85.1 Å². The predicted molar refractivity (Wildman–Crippen MR) is 144 cm³/mol. The van der Waals surface area contributed by atoms with Crippen molar-refractivity contribution in [3.05, 3.63) is 107 Å². The zero-order valence-electron chi connectivity index (χ0n) is 20.4. The van der Waals surface area contributed by atoms with Crippen molar-refractivity contribution in [3.63, 3.8) is 0 Å². The molecular weight excluding hydrogens is 430 g/mol. The second kappa shape index (κ2) is 8.16. The van der Waals surface area contributed by atoms with Gasteiger partial charge in [0.05, 0.1) is 6.04 Å². The number of benzene rings is 3. The number of hydrogen-bond acceptors (Lipinski definition) is 2. The third-order valence-electron chi connectivity index (χ3n) is 7.59. The summed E-state index contributed by atoms with van der Waals surface area (Å²) in [6.07, 6.45) is 7.83. The molecule has 3 unspecified atom stereocenters. The second-order valence-corrected chi connectivity index (χ2v) is 10.8. The molecule has 0 saturated heterocycles. The van der Waals surface area contributed by atoms with Crippen LogP contribution in [0.25, 0.3) is 10.9 Å². The largest absolute Gasteiger partial charge is 0.378 e. The number of hydrogen-bond donors (Lipinski definition) is 3. The fourth-order valence-corrected chi connectivity index (χ4v) is 5.66. The maximum absolute atomic E-state index is 13.0. The Bertz CT molecular complexity index is 1440. The van der Waals surface area contributed by atoms with E-state index in [0.717, 1.165) is 17.8 Å². The lowest BCUT2D eigenvalue weighted by Gasteiger charge is -2.37. The van der Waals surface area contributed by atoms with Gasteiger partial charge in [-0.1, -0.05) is 63.3 Å². The molecular formula is C31H31N3O. The summed E-state index contributed by atoms with van der Waals surface area (Å²) in [6.45, 7) is 6.53. The Morgan fingerprint density at radius 3 is 2.57 bits per heavy atom. The predicted octanol–water partition coefficient (Wildman–Crippen LogP) is 7.54. The number of carbonyl (C=O) groups is 1. The van der Waals surface area contributed by atoms with Crippen molar-refractivity contribution in [2.24, 2.45) is 5.92 Å². The number of carbonyl (C=O) groups excluding carboxylic acids is 1. The molecule has 0 radical (unpaired) electrons. The first-order valence-corrected chi connectivity index (χ1v) is 12.4. The van der Waals surface area contributed by atoms with Crippen molar-refractivity contribution in [1.82, 2.24) is 4.98 Å². The molecule has 2 heterocycles. The van der Waals surface area contributed by atoms with Crippen molar-refractivity contribution in [2.75, 3.05) is 10.6 Å². The van der Waals surface area contributed by atoms with Gasteiger partial charge in [-0.3, -0.25) is 4.79 Å². The summed E-state index contributed by atoms with van der Waals surface area (Å²) in [7, 11) is 0. The van der Waals surface area contributed by atoms with Gasteiger partial charge in [-0.2, -0.15) is 0 Å². The zero-order valence-corrected chi connectivity index (χ0v) is 20.4. The number of allylic oxidation sites excluding steroid dienone is 2. The van der Waals surface area contributed by atoms with Crippen molar-refractivity contribution in [3.8, 4) is 0 Å². The Labute approximate surface area is 206 Å². The van der Waals surface area contributed by atoms with Gasteiger partial charge in [-0.15, -0.1) is 0 Å². The molecule has 3 atom stereocenters. The van der Waals surface area contributed by atoms with Crippen molar-refractivity contribution >= 4 is 28.2 Å². The molecule has 4 aromatic rings. The highest BCUT2D eigenvalue weighted by Gasteiger charge is 2.38. The van der Waals surface area contributed by atoms with E-state index in [0.29, 0.717) is 17.4 Å². The van der Waals surface area contributed by atoms with Crippen LogP contribution in [0.1, 0.15) is 66.2 Å². The molecule has 0 bridgehead atoms. The SMILES string of the molecule is CC(C)(C)c1ccc(C(=O)Nc2ccc3c(c2)C2C=CCC2C(c2c[nH]c4ccccc24)N3)cc1. The number of rotatable bonds is 3. The zero-order chi connectivity index (χ0) is 24.2. The molecule has 3 N–H and O–H groups in total. The minimum absolute atomic E-state index is 0.0659. The van der Waals surface area contributed by atoms with E-state index in [9.17, 15) is 4.79 Å². The molecule has 1 aliphatic carbocycles. The molecule has 4 heteroatoms. The van der Waals surface area contributed by atoms with Crippen LogP contribution in [0.5, 0.6) is 0 Å². The molecule has 176 valence electrons. The number of fused-ring (bicyclic) bond motifs is 4. The van der Waals surface area contributed by atoms with Crippen molar-refractivity contribution in [2.45, 2.75) is 44.6 Å². The van der Waals surface area contributed by atoms with E-state index in [2.05, 4.69) is 91.1 Å². The molecule has 35 heavy (non-hydrogen) atoms. The van der Waals surface area contributed by atoms with E-state index in [1.165, 1.54) is 27.6 Å². The third-order valence-corrected chi connectivity index (χ3v) is 7.59. The Morgan fingerprint density at radius 2 is 1.77 bits per heavy atom. The minimum Gasteiger partial charge on any atom is -0.378 e. The molecule has 3 aromatic carbocycles. The number of para-hydroxylation sites is 1. The van der Waals surface area contributed by atoms with Crippen LogP contribution in [0.4, 0.5) is 11.4 Å². The van der Waals surface area contributed by atoms with Gasteiger partial charge < -0.3 is 15.6 Å². The lowest BCUT2D eigenvalue weighted by Crippen LogP contribution is -2.29. The topological polar surface area (TPSA) is 56.9 Å². The average molecular weight is 462 g/mol. The van der Waals surface area contributed by atoms with Gasteiger partial charge in [0.1, 0.15) is 0 Å². The van der Waals surface area contributed by atoms with Gasteiger partial charge in [-0.25, -0.2) is 0 Å². The van der Waals surface area contributed by atoms with Crippen LogP contribution < -0.4 is 10.6 Å². The van der Waals surface area contributed by atoms with E-state index < -0.39 is 0 Å². The van der Waals surface area contributed by atoms with Gasteiger partial charge in [0.15, 0.2) is 0 Å². The standard InChI is InChI=1S/C31H31N3O/c1-31(2,3)20-13-11-19(12-14-20)30(35)33-21-15-16-28-25(17-21)22-8-6-9-24(22)29(34-28)26-18-32-27-10-5-4-7-23(26)27/h4-8,10-18,22,24,29,32,34H,9H2,1-3H3,(H,33,35). The van der Waals surface area contributed by atoms with Crippen LogP contribution in [0.3, 0.4) is 0 Å². The van der Waals surface area contributed by atoms with Crippen LogP contribution in [0.2, 0.25) is 0 Å². The van der Waals surface area contributed by atoms with E-state index in [1.54, 1.807) is 0 Å². The minimum atomic E-state index is -0.0793. The number of aromatic nitrogens is 1. The van der Waals surface area contributed by atoms with Crippen LogP contribution in [-0.2, 0) is 5.41 Å². The van der Waals surface area contributed by atoms with Gasteiger partial charge in [0.2, 0.25) is 0 Å². The van der Waals surface area contributed by atoms with E-state index in [-0.39, 0.29) is 17.4 Å². The monoisotopic (exact) mass is 461 g/mol. The molecule has 1 aliphatic heterocycles. The lowest BCUT2D eigenvalue weighted by atomic mass is 9.77. The number of H-pyrrole nitrogens is 1. The summed E-state index contributed by atoms with van der Waals surface area (Å²) in [5, 5.41) is 8.21. The average Bonchev–Trinajstić information content (AvgIpc) is 3.51. The number of nitrogens with one attached hydrogen (secondary N) is 3. The number of aromatic amines is 1. The van der Waals surface area contributed by atoms with Crippen molar-refractivity contribution < 1.29 is 4.79 Å². The Morgan fingerprint density at radius 1 is 0.971 bits per heavy atom. The van der Waals surface area contributed by atoms with Crippen molar-refractivity contribution in [1.29, 1.82) is 0 Å². The molecule has 4 nitrogen and oxygen atoms in total.